The Morgan fingerprint density at radius 1 is 1.10 bits per heavy atom. The Labute approximate surface area is 232 Å². The number of carbonyl (C=O) groups excluding carboxylic acids is 3. The summed E-state index contributed by atoms with van der Waals surface area (Å²) in [6, 6.07) is 18.3. The number of nitrogens with zero attached hydrogens (tertiary/aromatic N) is 3. The van der Waals surface area contributed by atoms with Gasteiger partial charge in [0.2, 0.25) is 5.91 Å². The van der Waals surface area contributed by atoms with Crippen LogP contribution < -0.4 is 16.5 Å². The molecular formula is C28H25F3N6O4. The lowest BCUT2D eigenvalue weighted by Crippen LogP contribution is -2.57. The number of likely N-dealkylation sites (tertiary alicyclic amines) is 1. The number of primary amides is 1. The smallest absolute Gasteiger partial charge is 0.380 e. The molecule has 10 nitrogen and oxygen atoms in total. The van der Waals surface area contributed by atoms with Crippen molar-refractivity contribution in [1.82, 2.24) is 15.4 Å². The molecule has 1 aromatic heterocycles. The normalized spacial score (nSPS) is 16.6. The molecule has 1 saturated heterocycles. The minimum atomic E-state index is -5.18. The lowest BCUT2D eigenvalue weighted by Gasteiger charge is -2.35. The van der Waals surface area contributed by atoms with Crippen molar-refractivity contribution in [1.29, 1.82) is 5.26 Å². The number of alkyl halides is 3. The summed E-state index contributed by atoms with van der Waals surface area (Å²) in [5, 5.41) is 12.0. The van der Waals surface area contributed by atoms with Crippen molar-refractivity contribution >= 4 is 23.4 Å². The molecule has 0 bridgehead atoms. The fourth-order valence-electron chi connectivity index (χ4n) is 4.65. The highest BCUT2D eigenvalue weighted by atomic mass is 19.4. The zero-order chi connectivity index (χ0) is 29.6. The van der Waals surface area contributed by atoms with Crippen molar-refractivity contribution in [2.45, 2.75) is 37.7 Å². The maximum Gasteiger partial charge on any atom is 0.471 e. The van der Waals surface area contributed by atoms with Crippen LogP contribution in [0.4, 0.5) is 18.9 Å². The third-order valence-electron chi connectivity index (χ3n) is 6.67. The molecule has 3 aromatic rings. The largest absolute Gasteiger partial charge is 0.471 e. The second kappa shape index (κ2) is 12.1. The van der Waals surface area contributed by atoms with E-state index in [4.69, 9.17) is 15.8 Å². The number of rotatable bonds is 9. The number of nitrogens with two attached hydrogens (primary N) is 1. The highest BCUT2D eigenvalue weighted by Gasteiger charge is 2.57. The Kier molecular flexibility index (Phi) is 8.53. The van der Waals surface area contributed by atoms with Gasteiger partial charge in [0.25, 0.3) is 5.91 Å². The molecule has 4 N–H and O–H groups in total. The fraction of sp³-hybridized carbons (Fsp3) is 0.250. The summed E-state index contributed by atoms with van der Waals surface area (Å²) in [5.41, 5.74) is 8.30. The fourth-order valence-corrected chi connectivity index (χ4v) is 4.65. The zero-order valence-electron chi connectivity index (χ0n) is 21.6. The summed E-state index contributed by atoms with van der Waals surface area (Å²) in [6.07, 6.45) is -3.81. The van der Waals surface area contributed by atoms with Gasteiger partial charge < -0.3 is 16.0 Å². The summed E-state index contributed by atoms with van der Waals surface area (Å²) in [4.78, 5) is 47.3. The molecule has 0 radical (unpaired) electrons. The molecule has 1 aliphatic rings. The summed E-state index contributed by atoms with van der Waals surface area (Å²) in [6.45, 7) is -0.114. The number of pyridine rings is 1. The minimum absolute atomic E-state index is 0.0679. The minimum Gasteiger partial charge on any atom is -0.380 e. The van der Waals surface area contributed by atoms with Gasteiger partial charge >= 0.3 is 12.1 Å². The van der Waals surface area contributed by atoms with Crippen molar-refractivity contribution in [3.05, 3.63) is 94.8 Å². The van der Waals surface area contributed by atoms with Crippen molar-refractivity contribution in [2.75, 3.05) is 11.9 Å². The predicted octanol–water partition coefficient (Wildman–Crippen LogP) is 3.29. The van der Waals surface area contributed by atoms with Crippen molar-refractivity contribution < 1.29 is 32.4 Å². The second-order valence-corrected chi connectivity index (χ2v) is 9.26. The van der Waals surface area contributed by atoms with Gasteiger partial charge in [-0.15, -0.1) is 0 Å². The number of amides is 3. The first kappa shape index (κ1) is 29.0. The number of nitrogens with one attached hydrogen (secondary N) is 2. The average molecular weight is 567 g/mol. The molecule has 4 rings (SSSR count). The molecule has 0 aliphatic carbocycles. The molecule has 212 valence electrons. The van der Waals surface area contributed by atoms with Crippen LogP contribution in [-0.2, 0) is 33.1 Å². The van der Waals surface area contributed by atoms with Crippen LogP contribution >= 0.6 is 0 Å². The van der Waals surface area contributed by atoms with Crippen LogP contribution in [0, 0.1) is 11.3 Å². The number of para-hydroxylation sites is 1. The number of aromatic nitrogens is 1. The van der Waals surface area contributed by atoms with E-state index < -0.39 is 29.4 Å². The van der Waals surface area contributed by atoms with Crippen LogP contribution in [0.25, 0.3) is 0 Å². The number of halogens is 3. The third-order valence-corrected chi connectivity index (χ3v) is 6.67. The van der Waals surface area contributed by atoms with Crippen LogP contribution in [0.5, 0.6) is 0 Å². The highest BCUT2D eigenvalue weighted by molar-refractivity contribution is 5.99. The molecule has 1 aliphatic heterocycles. The third kappa shape index (κ3) is 6.28. The van der Waals surface area contributed by atoms with E-state index in [1.165, 1.54) is 12.3 Å². The molecule has 1 unspecified atom stereocenters. The van der Waals surface area contributed by atoms with Crippen LogP contribution in [0.15, 0.2) is 66.9 Å². The molecular weight excluding hydrogens is 541 g/mol. The average Bonchev–Trinajstić information content (AvgIpc) is 3.42. The molecule has 2 heterocycles. The summed E-state index contributed by atoms with van der Waals surface area (Å²) in [7, 11) is 0. The van der Waals surface area contributed by atoms with Crippen molar-refractivity contribution in [3.8, 4) is 6.07 Å². The lowest BCUT2D eigenvalue weighted by atomic mass is 9.89. The van der Waals surface area contributed by atoms with Gasteiger partial charge in [-0.2, -0.15) is 18.4 Å². The number of hydroxylamine groups is 1. The van der Waals surface area contributed by atoms with E-state index in [2.05, 4.69) is 15.8 Å². The van der Waals surface area contributed by atoms with Gasteiger partial charge in [-0.05, 0) is 60.4 Å². The van der Waals surface area contributed by atoms with E-state index in [1.54, 1.807) is 54.6 Å². The van der Waals surface area contributed by atoms with E-state index in [0.717, 1.165) is 5.56 Å². The van der Waals surface area contributed by atoms with E-state index >= 15 is 0 Å². The lowest BCUT2D eigenvalue weighted by molar-refractivity contribution is -0.190. The molecule has 2 aromatic carbocycles. The first-order valence-corrected chi connectivity index (χ1v) is 12.4. The monoisotopic (exact) mass is 566 g/mol. The van der Waals surface area contributed by atoms with Gasteiger partial charge in [0.1, 0.15) is 0 Å². The first-order valence-electron chi connectivity index (χ1n) is 12.4. The van der Waals surface area contributed by atoms with Gasteiger partial charge in [-0.1, -0.05) is 24.3 Å². The Morgan fingerprint density at radius 3 is 2.51 bits per heavy atom. The Morgan fingerprint density at radius 2 is 1.83 bits per heavy atom. The maximum atomic E-state index is 13.3. The van der Waals surface area contributed by atoms with E-state index in [0.29, 0.717) is 21.7 Å². The summed E-state index contributed by atoms with van der Waals surface area (Å²) < 4.78 is 39.8. The molecule has 3 amide bonds. The number of hydrogen-bond donors (Lipinski definition) is 3. The predicted molar refractivity (Wildman–Crippen MR) is 139 cm³/mol. The highest BCUT2D eigenvalue weighted by Crippen LogP contribution is 2.40. The van der Waals surface area contributed by atoms with Crippen molar-refractivity contribution in [3.63, 3.8) is 0 Å². The standard InChI is InChI=1S/C28H25F3N6O4/c29-28(30,31)26(40)37-13-3-11-27(37,25(33)39)23-14-20(10-12-34-23)16-35-22-5-2-1-4-21(22)24(38)36-41-17-19-8-6-18(15-32)7-9-19/h1-2,4-10,12,14,35H,3,11,13,16-17H2,(H2,33,39)(H,36,38). The van der Waals surface area contributed by atoms with E-state index in [9.17, 15) is 27.6 Å². The van der Waals surface area contributed by atoms with Gasteiger partial charge in [0.05, 0.1) is 29.5 Å². The number of anilines is 1. The van der Waals surface area contributed by atoms with Gasteiger partial charge in [-0.3, -0.25) is 24.2 Å². The summed E-state index contributed by atoms with van der Waals surface area (Å²) >= 11 is 0. The Hall–Kier alpha value is -4.96. The number of hydrogen-bond acceptors (Lipinski definition) is 7. The van der Waals surface area contributed by atoms with E-state index in [1.807, 2.05) is 6.07 Å². The van der Waals surface area contributed by atoms with Crippen LogP contribution in [0.3, 0.4) is 0 Å². The summed E-state index contributed by atoms with van der Waals surface area (Å²) in [5.74, 6) is -3.79. The van der Waals surface area contributed by atoms with Crippen LogP contribution in [0.1, 0.15) is 45.6 Å². The van der Waals surface area contributed by atoms with Gasteiger partial charge in [0.15, 0.2) is 5.54 Å². The van der Waals surface area contributed by atoms with Gasteiger partial charge in [0, 0.05) is 25.0 Å². The maximum absolute atomic E-state index is 13.3. The van der Waals surface area contributed by atoms with Crippen LogP contribution in [0.2, 0.25) is 0 Å². The Bertz CT molecular complexity index is 1490. The molecule has 1 atom stereocenters. The van der Waals surface area contributed by atoms with Crippen molar-refractivity contribution in [2.24, 2.45) is 5.73 Å². The molecule has 41 heavy (non-hydrogen) atoms. The first-order chi connectivity index (χ1) is 19.6. The molecule has 1 fully saturated rings. The second-order valence-electron chi connectivity index (χ2n) is 9.26. The van der Waals surface area contributed by atoms with Gasteiger partial charge in [-0.25, -0.2) is 5.48 Å². The number of nitriles is 1. The topological polar surface area (TPSA) is 150 Å². The van der Waals surface area contributed by atoms with Crippen LogP contribution in [-0.4, -0.2) is 40.3 Å². The SMILES string of the molecule is N#Cc1ccc(CONC(=O)c2ccccc2NCc2ccnc(C3(C(N)=O)CCCN3C(=O)C(F)(F)F)c2)cc1. The quantitative estimate of drug-likeness (QED) is 0.336. The number of benzene rings is 2. The molecule has 0 saturated carbocycles. The van der Waals surface area contributed by atoms with E-state index in [-0.39, 0.29) is 43.8 Å². The molecule has 0 spiro atoms. The molecule has 13 heteroatoms. The Balaban J connectivity index is 1.46. The zero-order valence-corrected chi connectivity index (χ0v) is 21.6. The number of carbonyl (C=O) groups is 3.